The third kappa shape index (κ3) is 3.47. The quantitative estimate of drug-likeness (QED) is 0.746. The first-order valence-electron chi connectivity index (χ1n) is 7.43. The van der Waals surface area contributed by atoms with Gasteiger partial charge >= 0.3 is 0 Å². The molecule has 0 fully saturated rings. The Morgan fingerprint density at radius 1 is 1.17 bits per heavy atom. The number of carbonyl (C=O) groups is 1. The van der Waals surface area contributed by atoms with Crippen LogP contribution in [0.3, 0.4) is 0 Å². The molecular weight excluding hydrogens is 306 g/mol. The van der Waals surface area contributed by atoms with Crippen molar-refractivity contribution in [2.45, 2.75) is 12.6 Å². The first kappa shape index (κ1) is 15.8. The molecule has 0 aliphatic heterocycles. The van der Waals surface area contributed by atoms with E-state index < -0.39 is 5.91 Å². The van der Waals surface area contributed by atoms with E-state index in [1.165, 1.54) is 4.80 Å². The van der Waals surface area contributed by atoms with Crippen molar-refractivity contribution in [1.82, 2.24) is 20.2 Å². The highest BCUT2D eigenvalue weighted by Gasteiger charge is 2.14. The summed E-state index contributed by atoms with van der Waals surface area (Å²) in [6.45, 7) is 0.451. The zero-order valence-corrected chi connectivity index (χ0v) is 13.2. The van der Waals surface area contributed by atoms with Gasteiger partial charge in [0.05, 0.1) is 6.54 Å². The molecule has 1 heterocycles. The van der Waals surface area contributed by atoms with Crippen LogP contribution in [0.2, 0.25) is 0 Å². The molecule has 0 aliphatic rings. The van der Waals surface area contributed by atoms with Gasteiger partial charge in [-0.05, 0) is 22.9 Å². The molecule has 24 heavy (non-hydrogen) atoms. The summed E-state index contributed by atoms with van der Waals surface area (Å²) in [4.78, 5) is 12.6. The predicted octanol–water partition coefficient (Wildman–Crippen LogP) is 1.83. The van der Waals surface area contributed by atoms with Crippen molar-refractivity contribution < 1.29 is 9.53 Å². The van der Waals surface area contributed by atoms with Gasteiger partial charge in [0.25, 0.3) is 0 Å². The SMILES string of the molecule is COC(Cn1nnc(-c2ccc(C(N)=O)cc2)n1)c1ccccc1. The highest BCUT2D eigenvalue weighted by molar-refractivity contribution is 5.93. The zero-order chi connectivity index (χ0) is 16.9. The number of tetrazole rings is 1. The van der Waals surface area contributed by atoms with E-state index in [0.717, 1.165) is 11.1 Å². The summed E-state index contributed by atoms with van der Waals surface area (Å²) < 4.78 is 5.52. The molecule has 0 spiro atoms. The second-order valence-corrected chi connectivity index (χ2v) is 5.24. The van der Waals surface area contributed by atoms with Crippen LogP contribution in [0.25, 0.3) is 11.4 Å². The van der Waals surface area contributed by atoms with E-state index in [9.17, 15) is 4.79 Å². The van der Waals surface area contributed by atoms with Crippen LogP contribution in [0.5, 0.6) is 0 Å². The number of carbonyl (C=O) groups excluding carboxylic acids is 1. The van der Waals surface area contributed by atoms with Crippen LogP contribution in [0.15, 0.2) is 54.6 Å². The number of methoxy groups -OCH3 is 1. The molecule has 1 aromatic heterocycles. The van der Waals surface area contributed by atoms with Crippen molar-refractivity contribution in [3.8, 4) is 11.4 Å². The van der Waals surface area contributed by atoms with Crippen LogP contribution < -0.4 is 5.73 Å². The molecule has 3 rings (SSSR count). The molecule has 122 valence electrons. The Morgan fingerprint density at radius 3 is 2.50 bits per heavy atom. The number of benzene rings is 2. The normalized spacial score (nSPS) is 12.0. The molecule has 1 unspecified atom stereocenters. The summed E-state index contributed by atoms with van der Waals surface area (Å²) in [5.41, 5.74) is 7.48. The van der Waals surface area contributed by atoms with E-state index in [4.69, 9.17) is 10.5 Å². The van der Waals surface area contributed by atoms with Crippen LogP contribution in [-0.4, -0.2) is 33.2 Å². The molecule has 3 aromatic rings. The second-order valence-electron chi connectivity index (χ2n) is 5.24. The molecule has 2 aromatic carbocycles. The molecule has 0 saturated heterocycles. The van der Waals surface area contributed by atoms with Gasteiger partial charge in [0, 0.05) is 18.2 Å². The standard InChI is InChI=1S/C17H17N5O2/c1-24-15(12-5-3-2-4-6-12)11-22-20-17(19-21-22)14-9-7-13(8-10-14)16(18)23/h2-10,15H,11H2,1H3,(H2,18,23). The molecule has 0 aliphatic carbocycles. The first-order chi connectivity index (χ1) is 11.7. The maximum Gasteiger partial charge on any atom is 0.248 e. The minimum Gasteiger partial charge on any atom is -0.375 e. The number of nitrogens with zero attached hydrogens (tertiary/aromatic N) is 4. The lowest BCUT2D eigenvalue weighted by Gasteiger charge is -2.14. The Kier molecular flexibility index (Phi) is 4.62. The van der Waals surface area contributed by atoms with E-state index in [2.05, 4.69) is 15.4 Å². The van der Waals surface area contributed by atoms with Gasteiger partial charge in [-0.2, -0.15) is 4.80 Å². The topological polar surface area (TPSA) is 95.9 Å². The van der Waals surface area contributed by atoms with Gasteiger partial charge in [-0.3, -0.25) is 4.79 Å². The zero-order valence-electron chi connectivity index (χ0n) is 13.2. The van der Waals surface area contributed by atoms with Gasteiger partial charge in [0.1, 0.15) is 6.10 Å². The Hall–Kier alpha value is -3.06. The third-order valence-corrected chi connectivity index (χ3v) is 3.67. The fourth-order valence-corrected chi connectivity index (χ4v) is 2.35. The van der Waals surface area contributed by atoms with Gasteiger partial charge < -0.3 is 10.5 Å². The average molecular weight is 323 g/mol. The van der Waals surface area contributed by atoms with Crippen LogP contribution in [0.4, 0.5) is 0 Å². The van der Waals surface area contributed by atoms with E-state index >= 15 is 0 Å². The Morgan fingerprint density at radius 2 is 1.88 bits per heavy atom. The molecule has 1 atom stereocenters. The van der Waals surface area contributed by atoms with Gasteiger partial charge in [-0.1, -0.05) is 42.5 Å². The van der Waals surface area contributed by atoms with Crippen molar-refractivity contribution in [2.24, 2.45) is 5.73 Å². The predicted molar refractivity (Wildman–Crippen MR) is 88.0 cm³/mol. The molecular formula is C17H17N5O2. The van der Waals surface area contributed by atoms with Crippen LogP contribution in [0, 0.1) is 0 Å². The maximum absolute atomic E-state index is 11.1. The maximum atomic E-state index is 11.1. The van der Waals surface area contributed by atoms with Crippen molar-refractivity contribution in [3.05, 3.63) is 65.7 Å². The van der Waals surface area contributed by atoms with Crippen molar-refractivity contribution in [1.29, 1.82) is 0 Å². The molecule has 7 heteroatoms. The number of ether oxygens (including phenoxy) is 1. The van der Waals surface area contributed by atoms with Crippen LogP contribution in [0.1, 0.15) is 22.0 Å². The minimum absolute atomic E-state index is 0.162. The summed E-state index contributed by atoms with van der Waals surface area (Å²) in [5.74, 6) is 0.0119. The summed E-state index contributed by atoms with van der Waals surface area (Å²) in [7, 11) is 1.65. The number of primary amides is 1. The number of hydrogen-bond acceptors (Lipinski definition) is 5. The van der Waals surface area contributed by atoms with Gasteiger partial charge in [-0.15, -0.1) is 10.2 Å². The molecule has 1 amide bonds. The third-order valence-electron chi connectivity index (χ3n) is 3.67. The lowest BCUT2D eigenvalue weighted by molar-refractivity contribution is 0.0801. The van der Waals surface area contributed by atoms with E-state index in [-0.39, 0.29) is 6.10 Å². The van der Waals surface area contributed by atoms with Crippen LogP contribution >= 0.6 is 0 Å². The van der Waals surface area contributed by atoms with Gasteiger partial charge in [0.15, 0.2) is 0 Å². The number of aromatic nitrogens is 4. The largest absolute Gasteiger partial charge is 0.375 e. The van der Waals surface area contributed by atoms with E-state index in [1.54, 1.807) is 31.4 Å². The van der Waals surface area contributed by atoms with Gasteiger partial charge in [-0.25, -0.2) is 0 Å². The van der Waals surface area contributed by atoms with Crippen molar-refractivity contribution in [2.75, 3.05) is 7.11 Å². The summed E-state index contributed by atoms with van der Waals surface area (Å²) in [6.07, 6.45) is -0.162. The fourth-order valence-electron chi connectivity index (χ4n) is 2.35. The molecule has 0 radical (unpaired) electrons. The molecule has 0 saturated carbocycles. The first-order valence-corrected chi connectivity index (χ1v) is 7.43. The number of amides is 1. The Labute approximate surface area is 139 Å². The Balaban J connectivity index is 1.76. The number of hydrogen-bond donors (Lipinski definition) is 1. The average Bonchev–Trinajstić information content (AvgIpc) is 3.09. The summed E-state index contributed by atoms with van der Waals surface area (Å²) in [6, 6.07) is 16.6. The Bertz CT molecular complexity index is 815. The van der Waals surface area contributed by atoms with E-state index in [1.807, 2.05) is 30.3 Å². The highest BCUT2D eigenvalue weighted by atomic mass is 16.5. The minimum atomic E-state index is -0.469. The molecule has 7 nitrogen and oxygen atoms in total. The highest BCUT2D eigenvalue weighted by Crippen LogP contribution is 2.19. The van der Waals surface area contributed by atoms with Crippen molar-refractivity contribution >= 4 is 5.91 Å². The van der Waals surface area contributed by atoms with E-state index in [0.29, 0.717) is 17.9 Å². The molecule has 2 N–H and O–H groups in total. The fraction of sp³-hybridized carbons (Fsp3) is 0.176. The van der Waals surface area contributed by atoms with Crippen LogP contribution in [-0.2, 0) is 11.3 Å². The smallest absolute Gasteiger partial charge is 0.248 e. The number of rotatable bonds is 6. The number of nitrogens with two attached hydrogens (primary N) is 1. The van der Waals surface area contributed by atoms with Crippen molar-refractivity contribution in [3.63, 3.8) is 0 Å². The summed E-state index contributed by atoms with van der Waals surface area (Å²) >= 11 is 0. The molecule has 0 bridgehead atoms. The monoisotopic (exact) mass is 323 g/mol. The lowest BCUT2D eigenvalue weighted by Crippen LogP contribution is -2.13. The summed E-state index contributed by atoms with van der Waals surface area (Å²) in [5, 5.41) is 12.5. The van der Waals surface area contributed by atoms with Gasteiger partial charge in [0.2, 0.25) is 11.7 Å². The second kappa shape index (κ2) is 7.01. The lowest BCUT2D eigenvalue weighted by atomic mass is 10.1.